The van der Waals surface area contributed by atoms with Crippen LogP contribution in [0.2, 0.25) is 5.02 Å². The molecule has 0 aliphatic rings. The Bertz CT molecular complexity index is 1280. The maximum atomic E-state index is 13.2. The standard InChI is InChI=1S/C21H18ClN3O2S3/c1-3-25-20(27)18-13(16-5-4-8-28-16)10-29-19(18)24-21(25)30-11-17(26)23-15-7-6-12(2)9-14(15)22/h4-10H,3,11H2,1-2H3,(H,23,26). The van der Waals surface area contributed by atoms with E-state index in [1.807, 2.05) is 42.8 Å². The number of nitrogens with one attached hydrogen (secondary N) is 1. The lowest BCUT2D eigenvalue weighted by Crippen LogP contribution is -2.23. The quantitative estimate of drug-likeness (QED) is 0.278. The van der Waals surface area contributed by atoms with Gasteiger partial charge in [-0.3, -0.25) is 14.2 Å². The highest BCUT2D eigenvalue weighted by Crippen LogP contribution is 2.34. The summed E-state index contributed by atoms with van der Waals surface area (Å²) in [5, 5.41) is 8.47. The zero-order valence-corrected chi connectivity index (χ0v) is 19.5. The number of halogens is 1. The molecule has 0 saturated heterocycles. The number of hydrogen-bond donors (Lipinski definition) is 1. The summed E-state index contributed by atoms with van der Waals surface area (Å²) in [4.78, 5) is 32.0. The molecule has 4 rings (SSSR count). The van der Waals surface area contributed by atoms with Crippen molar-refractivity contribution in [2.24, 2.45) is 0 Å². The number of nitrogens with zero attached hydrogens (tertiary/aromatic N) is 2. The fourth-order valence-corrected chi connectivity index (χ4v) is 5.99. The molecule has 1 amide bonds. The Morgan fingerprint density at radius 1 is 1.30 bits per heavy atom. The highest BCUT2D eigenvalue weighted by molar-refractivity contribution is 7.99. The molecule has 0 aliphatic heterocycles. The van der Waals surface area contributed by atoms with E-state index < -0.39 is 0 Å². The zero-order chi connectivity index (χ0) is 21.3. The van der Waals surface area contributed by atoms with Crippen LogP contribution in [0.3, 0.4) is 0 Å². The van der Waals surface area contributed by atoms with Crippen LogP contribution in [-0.4, -0.2) is 21.2 Å². The summed E-state index contributed by atoms with van der Waals surface area (Å²) in [5.74, 6) is -0.0705. The van der Waals surface area contributed by atoms with E-state index in [1.54, 1.807) is 28.0 Å². The average Bonchev–Trinajstić information content (AvgIpc) is 3.38. The number of thioether (sulfide) groups is 1. The second-order valence-corrected chi connectivity index (χ2v) is 9.73. The van der Waals surface area contributed by atoms with Crippen LogP contribution in [0.5, 0.6) is 0 Å². The molecule has 0 bridgehead atoms. The van der Waals surface area contributed by atoms with E-state index in [2.05, 4.69) is 10.3 Å². The monoisotopic (exact) mass is 475 g/mol. The minimum absolute atomic E-state index is 0.0726. The molecular formula is C21H18ClN3O2S3. The Labute approximate surface area is 190 Å². The number of rotatable bonds is 6. The van der Waals surface area contributed by atoms with Gasteiger partial charge in [0.1, 0.15) is 4.83 Å². The number of aromatic nitrogens is 2. The van der Waals surface area contributed by atoms with Crippen LogP contribution < -0.4 is 10.9 Å². The average molecular weight is 476 g/mol. The van der Waals surface area contributed by atoms with E-state index in [-0.39, 0.29) is 17.2 Å². The summed E-state index contributed by atoms with van der Waals surface area (Å²) in [7, 11) is 0. The van der Waals surface area contributed by atoms with Gasteiger partial charge in [-0.2, -0.15) is 0 Å². The van der Waals surface area contributed by atoms with E-state index >= 15 is 0 Å². The van der Waals surface area contributed by atoms with Gasteiger partial charge >= 0.3 is 0 Å². The normalized spacial score (nSPS) is 11.2. The van der Waals surface area contributed by atoms with Crippen molar-refractivity contribution < 1.29 is 4.79 Å². The molecule has 4 aromatic rings. The first-order valence-electron chi connectivity index (χ1n) is 9.22. The van der Waals surface area contributed by atoms with Gasteiger partial charge in [0, 0.05) is 22.4 Å². The molecule has 9 heteroatoms. The predicted molar refractivity (Wildman–Crippen MR) is 128 cm³/mol. The number of carbonyl (C=O) groups is 1. The van der Waals surface area contributed by atoms with Crippen LogP contribution in [-0.2, 0) is 11.3 Å². The predicted octanol–water partition coefficient (Wildman–Crippen LogP) is 5.90. The highest BCUT2D eigenvalue weighted by atomic mass is 35.5. The summed E-state index contributed by atoms with van der Waals surface area (Å²) in [5.41, 5.74) is 2.45. The first kappa shape index (κ1) is 21.1. The fraction of sp³-hybridized carbons (Fsp3) is 0.190. The van der Waals surface area contributed by atoms with Crippen molar-refractivity contribution in [3.05, 3.63) is 62.0 Å². The van der Waals surface area contributed by atoms with Crippen molar-refractivity contribution in [1.82, 2.24) is 9.55 Å². The van der Waals surface area contributed by atoms with Crippen molar-refractivity contribution >= 4 is 67.8 Å². The van der Waals surface area contributed by atoms with Crippen LogP contribution in [0.15, 0.2) is 51.0 Å². The fourth-order valence-electron chi connectivity index (χ4n) is 3.05. The molecule has 1 aromatic carbocycles. The topological polar surface area (TPSA) is 64.0 Å². The Morgan fingerprint density at radius 3 is 2.83 bits per heavy atom. The van der Waals surface area contributed by atoms with E-state index in [1.165, 1.54) is 23.1 Å². The minimum atomic E-state index is -0.201. The molecule has 30 heavy (non-hydrogen) atoms. The number of carbonyl (C=O) groups excluding carboxylic acids is 1. The second-order valence-electron chi connectivity index (χ2n) is 6.57. The molecule has 1 N–H and O–H groups in total. The number of hydrogen-bond acceptors (Lipinski definition) is 6. The number of anilines is 1. The van der Waals surface area contributed by atoms with Gasteiger partial charge < -0.3 is 5.32 Å². The van der Waals surface area contributed by atoms with Gasteiger partial charge in [0.25, 0.3) is 5.56 Å². The SMILES string of the molecule is CCn1c(SCC(=O)Nc2ccc(C)cc2Cl)nc2scc(-c3cccs3)c2c1=O. The van der Waals surface area contributed by atoms with Crippen molar-refractivity contribution in [3.8, 4) is 10.4 Å². The van der Waals surface area contributed by atoms with Crippen molar-refractivity contribution in [2.75, 3.05) is 11.1 Å². The first-order chi connectivity index (χ1) is 14.5. The third-order valence-electron chi connectivity index (χ3n) is 4.49. The third-order valence-corrected chi connectivity index (χ3v) is 7.56. The van der Waals surface area contributed by atoms with Gasteiger partial charge in [0.15, 0.2) is 5.16 Å². The number of amides is 1. The van der Waals surface area contributed by atoms with Crippen molar-refractivity contribution in [1.29, 1.82) is 0 Å². The van der Waals surface area contributed by atoms with Crippen LogP contribution in [0.25, 0.3) is 20.7 Å². The lowest BCUT2D eigenvalue weighted by atomic mass is 10.2. The van der Waals surface area contributed by atoms with Crippen LogP contribution in [0.4, 0.5) is 5.69 Å². The summed E-state index contributed by atoms with van der Waals surface area (Å²) in [6.07, 6.45) is 0. The molecule has 0 atom stereocenters. The molecule has 154 valence electrons. The third kappa shape index (κ3) is 4.18. The Kier molecular flexibility index (Phi) is 6.29. The highest BCUT2D eigenvalue weighted by Gasteiger charge is 2.18. The van der Waals surface area contributed by atoms with Gasteiger partial charge in [0.2, 0.25) is 5.91 Å². The van der Waals surface area contributed by atoms with Crippen molar-refractivity contribution in [2.45, 2.75) is 25.5 Å². The van der Waals surface area contributed by atoms with E-state index in [9.17, 15) is 9.59 Å². The minimum Gasteiger partial charge on any atom is -0.324 e. The Hall–Kier alpha value is -2.13. The van der Waals surface area contributed by atoms with E-state index in [4.69, 9.17) is 11.6 Å². The summed E-state index contributed by atoms with van der Waals surface area (Å²) in [6.45, 7) is 4.32. The molecule has 0 saturated carbocycles. The van der Waals surface area contributed by atoms with Crippen LogP contribution >= 0.6 is 46.0 Å². The molecule has 0 unspecified atom stereocenters. The molecule has 0 fully saturated rings. The summed E-state index contributed by atoms with van der Waals surface area (Å²) in [6, 6.07) is 9.45. The van der Waals surface area contributed by atoms with Gasteiger partial charge in [-0.25, -0.2) is 4.98 Å². The lowest BCUT2D eigenvalue weighted by Gasteiger charge is -2.11. The van der Waals surface area contributed by atoms with Gasteiger partial charge in [-0.05, 0) is 43.0 Å². The Balaban J connectivity index is 1.58. The molecule has 5 nitrogen and oxygen atoms in total. The van der Waals surface area contributed by atoms with Crippen LogP contribution in [0, 0.1) is 6.92 Å². The van der Waals surface area contributed by atoms with E-state index in [0.29, 0.717) is 32.6 Å². The molecule has 0 radical (unpaired) electrons. The molecule has 3 aromatic heterocycles. The Morgan fingerprint density at radius 2 is 2.13 bits per heavy atom. The van der Waals surface area contributed by atoms with Gasteiger partial charge in [-0.15, -0.1) is 22.7 Å². The maximum absolute atomic E-state index is 13.2. The summed E-state index contributed by atoms with van der Waals surface area (Å²) < 4.78 is 1.63. The largest absolute Gasteiger partial charge is 0.324 e. The smallest absolute Gasteiger partial charge is 0.263 e. The second kappa shape index (κ2) is 8.93. The number of fused-ring (bicyclic) bond motifs is 1. The molecule has 0 aliphatic carbocycles. The number of benzene rings is 1. The summed E-state index contributed by atoms with van der Waals surface area (Å²) >= 11 is 10.5. The van der Waals surface area contributed by atoms with Gasteiger partial charge in [-0.1, -0.05) is 35.5 Å². The maximum Gasteiger partial charge on any atom is 0.263 e. The van der Waals surface area contributed by atoms with Crippen molar-refractivity contribution in [3.63, 3.8) is 0 Å². The molecule has 0 spiro atoms. The van der Waals surface area contributed by atoms with E-state index in [0.717, 1.165) is 16.0 Å². The number of aryl methyl sites for hydroxylation is 1. The van der Waals surface area contributed by atoms with Gasteiger partial charge in [0.05, 0.1) is 21.8 Å². The molecular weight excluding hydrogens is 458 g/mol. The first-order valence-corrected chi connectivity index (χ1v) is 12.3. The number of thiophene rings is 2. The molecule has 3 heterocycles. The zero-order valence-electron chi connectivity index (χ0n) is 16.3. The lowest BCUT2D eigenvalue weighted by molar-refractivity contribution is -0.113. The van der Waals surface area contributed by atoms with Crippen LogP contribution in [0.1, 0.15) is 12.5 Å².